The summed E-state index contributed by atoms with van der Waals surface area (Å²) in [6, 6.07) is 15.4. The summed E-state index contributed by atoms with van der Waals surface area (Å²) in [5.41, 5.74) is 4.51. The van der Waals surface area contributed by atoms with Crippen LogP contribution in [0.4, 0.5) is 4.79 Å². The van der Waals surface area contributed by atoms with Crippen LogP contribution in [0.2, 0.25) is 0 Å². The smallest absolute Gasteiger partial charge is 0.407 e. The Morgan fingerprint density at radius 2 is 1.74 bits per heavy atom. The van der Waals surface area contributed by atoms with E-state index in [0.717, 1.165) is 33.6 Å². The second-order valence-corrected chi connectivity index (χ2v) is 9.07. The van der Waals surface area contributed by atoms with E-state index in [1.807, 2.05) is 43.3 Å². The third-order valence-electron chi connectivity index (χ3n) is 5.71. The lowest BCUT2D eigenvalue weighted by Crippen LogP contribution is -2.46. The second kappa shape index (κ2) is 10.5. The van der Waals surface area contributed by atoms with E-state index in [2.05, 4.69) is 27.8 Å². The maximum Gasteiger partial charge on any atom is 0.407 e. The van der Waals surface area contributed by atoms with E-state index in [9.17, 15) is 14.4 Å². The van der Waals surface area contributed by atoms with E-state index in [-0.39, 0.29) is 29.9 Å². The predicted octanol–water partition coefficient (Wildman–Crippen LogP) is 4.16. The van der Waals surface area contributed by atoms with Gasteiger partial charge in [-0.3, -0.25) is 4.79 Å². The van der Waals surface area contributed by atoms with Crippen molar-refractivity contribution >= 4 is 29.3 Å². The summed E-state index contributed by atoms with van der Waals surface area (Å²) >= 11 is 0.996. The molecule has 1 unspecified atom stereocenters. The van der Waals surface area contributed by atoms with E-state index < -0.39 is 18.1 Å². The van der Waals surface area contributed by atoms with Gasteiger partial charge >= 0.3 is 12.1 Å². The van der Waals surface area contributed by atoms with Crippen LogP contribution < -0.4 is 10.6 Å². The molecule has 1 heterocycles. The van der Waals surface area contributed by atoms with Crippen molar-refractivity contribution in [2.45, 2.75) is 38.3 Å². The van der Waals surface area contributed by atoms with E-state index in [4.69, 9.17) is 9.84 Å². The number of benzene rings is 2. The van der Waals surface area contributed by atoms with Crippen molar-refractivity contribution < 1.29 is 24.2 Å². The zero-order valence-corrected chi connectivity index (χ0v) is 19.4. The summed E-state index contributed by atoms with van der Waals surface area (Å²) in [5.74, 6) is -1.50. The van der Waals surface area contributed by atoms with Gasteiger partial charge < -0.3 is 20.5 Å². The molecule has 3 N–H and O–H groups in total. The Morgan fingerprint density at radius 1 is 1.09 bits per heavy atom. The average Bonchev–Trinajstić information content (AvgIpc) is 3.44. The number of nitrogens with one attached hydrogen (secondary N) is 2. The minimum absolute atomic E-state index is 0.0649. The lowest BCUT2D eigenvalue weighted by Gasteiger charge is -2.19. The van der Waals surface area contributed by atoms with Crippen molar-refractivity contribution in [2.24, 2.45) is 0 Å². The number of aromatic nitrogens is 1. The van der Waals surface area contributed by atoms with Gasteiger partial charge in [0, 0.05) is 5.92 Å². The molecule has 8 nitrogen and oxygen atoms in total. The van der Waals surface area contributed by atoms with Gasteiger partial charge in [-0.25, -0.2) is 14.6 Å². The molecule has 0 bridgehead atoms. The number of carboxylic acid groups (broad SMARTS) is 1. The Morgan fingerprint density at radius 3 is 2.32 bits per heavy atom. The number of amides is 2. The van der Waals surface area contributed by atoms with Crippen LogP contribution >= 0.6 is 11.3 Å². The SMILES string of the molecule is CCCC(NC(=O)OCC1c2ccccc2-c2ccccc21)C(=O)NCc1ncc(C(=O)O)s1. The van der Waals surface area contributed by atoms with Gasteiger partial charge in [0.25, 0.3) is 0 Å². The normalized spacial score (nSPS) is 13.0. The number of fused-ring (bicyclic) bond motifs is 3. The van der Waals surface area contributed by atoms with Crippen molar-refractivity contribution in [3.05, 3.63) is 75.7 Å². The minimum Gasteiger partial charge on any atom is -0.477 e. The molecule has 3 aromatic rings. The molecule has 9 heteroatoms. The first-order valence-electron chi connectivity index (χ1n) is 11.0. The summed E-state index contributed by atoms with van der Waals surface area (Å²) in [5, 5.41) is 14.8. The van der Waals surface area contributed by atoms with Crippen LogP contribution in [0, 0.1) is 0 Å². The molecule has 1 aliphatic carbocycles. The number of ether oxygens (including phenoxy) is 1. The molecule has 1 aromatic heterocycles. The number of thiazole rings is 1. The van der Waals surface area contributed by atoms with Gasteiger partial charge in [0.1, 0.15) is 22.5 Å². The fraction of sp³-hybridized carbons (Fsp3) is 0.280. The lowest BCUT2D eigenvalue weighted by atomic mass is 9.98. The summed E-state index contributed by atoms with van der Waals surface area (Å²) in [7, 11) is 0. The highest BCUT2D eigenvalue weighted by atomic mass is 32.1. The van der Waals surface area contributed by atoms with Crippen molar-refractivity contribution in [3.63, 3.8) is 0 Å². The van der Waals surface area contributed by atoms with Gasteiger partial charge in [-0.15, -0.1) is 11.3 Å². The van der Waals surface area contributed by atoms with E-state index >= 15 is 0 Å². The number of carboxylic acids is 1. The van der Waals surface area contributed by atoms with Crippen molar-refractivity contribution in [2.75, 3.05) is 6.61 Å². The summed E-state index contributed by atoms with van der Waals surface area (Å²) in [4.78, 5) is 40.3. The molecular weight excluding hydrogens is 454 g/mol. The van der Waals surface area contributed by atoms with Crippen LogP contribution in [-0.2, 0) is 16.1 Å². The molecule has 4 rings (SSSR count). The van der Waals surface area contributed by atoms with Gasteiger partial charge in [0.2, 0.25) is 5.91 Å². The molecule has 176 valence electrons. The number of nitrogens with zero attached hydrogens (tertiary/aromatic N) is 1. The first-order chi connectivity index (χ1) is 16.5. The Hall–Kier alpha value is -3.72. The Bertz CT molecular complexity index is 1160. The molecule has 0 fully saturated rings. The quantitative estimate of drug-likeness (QED) is 0.424. The third-order valence-corrected chi connectivity index (χ3v) is 6.69. The number of alkyl carbamates (subject to hydrolysis) is 1. The number of aromatic carboxylic acids is 1. The predicted molar refractivity (Wildman–Crippen MR) is 128 cm³/mol. The van der Waals surface area contributed by atoms with Crippen LogP contribution in [0.1, 0.15) is 51.5 Å². The molecule has 2 amide bonds. The highest BCUT2D eigenvalue weighted by Crippen LogP contribution is 2.44. The van der Waals surface area contributed by atoms with Crippen LogP contribution in [0.15, 0.2) is 54.7 Å². The molecule has 0 radical (unpaired) electrons. The van der Waals surface area contributed by atoms with E-state index in [0.29, 0.717) is 17.8 Å². The monoisotopic (exact) mass is 479 g/mol. The van der Waals surface area contributed by atoms with Crippen molar-refractivity contribution in [1.29, 1.82) is 0 Å². The first-order valence-corrected chi connectivity index (χ1v) is 11.9. The van der Waals surface area contributed by atoms with Crippen molar-refractivity contribution in [3.8, 4) is 11.1 Å². The van der Waals surface area contributed by atoms with Crippen LogP contribution in [0.25, 0.3) is 11.1 Å². The number of carbonyl (C=O) groups is 3. The van der Waals surface area contributed by atoms with Crippen molar-refractivity contribution in [1.82, 2.24) is 15.6 Å². The minimum atomic E-state index is -1.06. The lowest BCUT2D eigenvalue weighted by molar-refractivity contribution is -0.123. The maximum absolute atomic E-state index is 12.6. The fourth-order valence-corrected chi connectivity index (χ4v) is 4.81. The largest absolute Gasteiger partial charge is 0.477 e. The Kier molecular flexibility index (Phi) is 7.22. The van der Waals surface area contributed by atoms with Gasteiger partial charge in [-0.1, -0.05) is 61.9 Å². The molecule has 34 heavy (non-hydrogen) atoms. The maximum atomic E-state index is 12.6. The Labute approximate surface area is 201 Å². The van der Waals surface area contributed by atoms with Crippen LogP contribution in [0.3, 0.4) is 0 Å². The number of rotatable bonds is 9. The van der Waals surface area contributed by atoms with Gasteiger partial charge in [-0.2, -0.15) is 0 Å². The highest BCUT2D eigenvalue weighted by molar-refractivity contribution is 7.13. The Balaban J connectivity index is 1.35. The second-order valence-electron chi connectivity index (χ2n) is 7.95. The summed E-state index contributed by atoms with van der Waals surface area (Å²) < 4.78 is 5.55. The molecule has 0 saturated carbocycles. The van der Waals surface area contributed by atoms with Gasteiger partial charge in [0.05, 0.1) is 12.7 Å². The topological polar surface area (TPSA) is 118 Å². The van der Waals surface area contributed by atoms with E-state index in [1.165, 1.54) is 6.20 Å². The first kappa shape index (κ1) is 23.4. The van der Waals surface area contributed by atoms with E-state index in [1.54, 1.807) is 0 Å². The third kappa shape index (κ3) is 5.09. The average molecular weight is 480 g/mol. The number of hydrogen-bond donors (Lipinski definition) is 3. The highest BCUT2D eigenvalue weighted by Gasteiger charge is 2.29. The summed E-state index contributed by atoms with van der Waals surface area (Å²) in [6.45, 7) is 2.17. The van der Waals surface area contributed by atoms with Crippen LogP contribution in [-0.4, -0.2) is 40.7 Å². The summed E-state index contributed by atoms with van der Waals surface area (Å²) in [6.07, 6.45) is 1.72. The van der Waals surface area contributed by atoms with Gasteiger partial charge in [0.15, 0.2) is 0 Å². The number of carbonyl (C=O) groups excluding carboxylic acids is 2. The zero-order chi connectivity index (χ0) is 24.1. The van der Waals surface area contributed by atoms with Crippen LogP contribution in [0.5, 0.6) is 0 Å². The number of hydrogen-bond acceptors (Lipinski definition) is 6. The molecule has 0 spiro atoms. The zero-order valence-electron chi connectivity index (χ0n) is 18.6. The molecular formula is C25H25N3O5S. The molecule has 1 atom stereocenters. The standard InChI is InChI=1S/C25H25N3O5S/c1-2-7-20(23(29)27-13-22-26-12-21(34-22)24(30)31)28-25(32)33-14-19-17-10-5-3-8-15(17)16-9-4-6-11-18(16)19/h3-6,8-12,19-20H,2,7,13-14H2,1H3,(H,27,29)(H,28,32)(H,30,31). The molecule has 0 saturated heterocycles. The molecule has 0 aliphatic heterocycles. The van der Waals surface area contributed by atoms with Gasteiger partial charge in [-0.05, 0) is 28.7 Å². The molecule has 1 aliphatic rings. The molecule has 2 aromatic carbocycles. The fourth-order valence-electron chi connectivity index (χ4n) is 4.12.